The van der Waals surface area contributed by atoms with E-state index in [-0.39, 0.29) is 11.7 Å². The Morgan fingerprint density at radius 2 is 2.22 bits per heavy atom. The van der Waals surface area contributed by atoms with Gasteiger partial charge in [0.05, 0.1) is 5.41 Å². The summed E-state index contributed by atoms with van der Waals surface area (Å²) in [7, 11) is 0. The Balaban J connectivity index is 2.32. The van der Waals surface area contributed by atoms with Crippen LogP contribution in [0.5, 0.6) is 0 Å². The Morgan fingerprint density at radius 1 is 1.50 bits per heavy atom. The summed E-state index contributed by atoms with van der Waals surface area (Å²) in [5, 5.41) is 3.25. The standard InChI is InChI=1S/C13H15ClFNOS/c14-9-2-3-11(15)10(8-9)13(4-1-5-13)12(17)16-6-7-18/h2-3,8,18H,1,4-7H2,(H,16,17). The fourth-order valence-electron chi connectivity index (χ4n) is 2.35. The molecule has 1 aromatic rings. The van der Waals surface area contributed by atoms with Gasteiger partial charge in [0, 0.05) is 22.9 Å². The van der Waals surface area contributed by atoms with Gasteiger partial charge in [0.2, 0.25) is 5.91 Å². The third-order valence-electron chi connectivity index (χ3n) is 3.48. The molecule has 2 nitrogen and oxygen atoms in total. The predicted octanol–water partition coefficient (Wildman–Crippen LogP) is 2.95. The zero-order valence-electron chi connectivity index (χ0n) is 9.88. The number of nitrogens with one attached hydrogen (secondary N) is 1. The third kappa shape index (κ3) is 2.36. The van der Waals surface area contributed by atoms with Crippen molar-refractivity contribution in [2.75, 3.05) is 12.3 Å². The van der Waals surface area contributed by atoms with Crippen LogP contribution in [0.15, 0.2) is 18.2 Å². The van der Waals surface area contributed by atoms with Crippen LogP contribution in [-0.2, 0) is 10.2 Å². The first kappa shape index (κ1) is 13.7. The van der Waals surface area contributed by atoms with Crippen molar-refractivity contribution in [3.8, 4) is 0 Å². The minimum Gasteiger partial charge on any atom is -0.355 e. The number of halogens is 2. The summed E-state index contributed by atoms with van der Waals surface area (Å²) in [5.41, 5.74) is -0.323. The molecule has 0 aromatic heterocycles. The van der Waals surface area contributed by atoms with E-state index in [4.69, 9.17) is 11.6 Å². The topological polar surface area (TPSA) is 29.1 Å². The first-order chi connectivity index (χ1) is 8.60. The van der Waals surface area contributed by atoms with Gasteiger partial charge in [-0.3, -0.25) is 4.79 Å². The van der Waals surface area contributed by atoms with Crippen LogP contribution in [0.25, 0.3) is 0 Å². The molecular formula is C13H15ClFNOS. The lowest BCUT2D eigenvalue weighted by atomic mass is 9.63. The molecule has 1 N–H and O–H groups in total. The van der Waals surface area contributed by atoms with Gasteiger partial charge in [-0.1, -0.05) is 18.0 Å². The number of carbonyl (C=O) groups is 1. The maximum atomic E-state index is 13.9. The van der Waals surface area contributed by atoms with Crippen molar-refractivity contribution < 1.29 is 9.18 Å². The molecule has 0 aliphatic heterocycles. The van der Waals surface area contributed by atoms with E-state index in [9.17, 15) is 9.18 Å². The molecule has 0 saturated heterocycles. The van der Waals surface area contributed by atoms with Crippen molar-refractivity contribution in [2.24, 2.45) is 0 Å². The van der Waals surface area contributed by atoms with Gasteiger partial charge >= 0.3 is 0 Å². The molecule has 0 heterocycles. The van der Waals surface area contributed by atoms with Gasteiger partial charge in [-0.05, 0) is 31.0 Å². The molecule has 18 heavy (non-hydrogen) atoms. The summed E-state index contributed by atoms with van der Waals surface area (Å²) in [4.78, 5) is 12.2. The van der Waals surface area contributed by atoms with E-state index in [0.29, 0.717) is 35.7 Å². The van der Waals surface area contributed by atoms with Crippen molar-refractivity contribution in [2.45, 2.75) is 24.7 Å². The zero-order valence-corrected chi connectivity index (χ0v) is 11.5. The van der Waals surface area contributed by atoms with Crippen molar-refractivity contribution >= 4 is 30.1 Å². The Hall–Kier alpha value is -0.740. The van der Waals surface area contributed by atoms with Gasteiger partial charge in [-0.25, -0.2) is 4.39 Å². The highest BCUT2D eigenvalue weighted by Gasteiger charge is 2.47. The average Bonchev–Trinajstić information content (AvgIpc) is 2.29. The maximum absolute atomic E-state index is 13.9. The van der Waals surface area contributed by atoms with E-state index in [1.165, 1.54) is 12.1 Å². The van der Waals surface area contributed by atoms with Gasteiger partial charge in [0.25, 0.3) is 0 Å². The molecule has 1 amide bonds. The predicted molar refractivity (Wildman–Crippen MR) is 73.8 cm³/mol. The zero-order chi connectivity index (χ0) is 13.2. The summed E-state index contributed by atoms with van der Waals surface area (Å²) in [6, 6.07) is 4.39. The van der Waals surface area contributed by atoms with Crippen molar-refractivity contribution in [3.63, 3.8) is 0 Å². The van der Waals surface area contributed by atoms with Crippen LogP contribution in [0.4, 0.5) is 4.39 Å². The summed E-state index contributed by atoms with van der Waals surface area (Å²) >= 11 is 9.95. The SMILES string of the molecule is O=C(NCCS)C1(c2cc(Cl)ccc2F)CCC1. The quantitative estimate of drug-likeness (QED) is 0.819. The van der Waals surface area contributed by atoms with Crippen LogP contribution in [0.2, 0.25) is 5.02 Å². The largest absolute Gasteiger partial charge is 0.355 e. The lowest BCUT2D eigenvalue weighted by Crippen LogP contribution is -2.50. The molecule has 1 fully saturated rings. The summed E-state index contributed by atoms with van der Waals surface area (Å²) in [6.07, 6.45) is 2.27. The smallest absolute Gasteiger partial charge is 0.230 e. The van der Waals surface area contributed by atoms with Gasteiger partial charge in [0.15, 0.2) is 0 Å². The Labute approximate surface area is 116 Å². The van der Waals surface area contributed by atoms with Crippen molar-refractivity contribution in [1.82, 2.24) is 5.32 Å². The highest BCUT2D eigenvalue weighted by atomic mass is 35.5. The minimum absolute atomic E-state index is 0.121. The van der Waals surface area contributed by atoms with Crippen LogP contribution < -0.4 is 5.32 Å². The van der Waals surface area contributed by atoms with Crippen LogP contribution in [0.3, 0.4) is 0 Å². The molecule has 0 bridgehead atoms. The lowest BCUT2D eigenvalue weighted by Gasteiger charge is -2.40. The third-order valence-corrected chi connectivity index (χ3v) is 3.94. The number of benzene rings is 1. The molecule has 1 saturated carbocycles. The summed E-state index contributed by atoms with van der Waals surface area (Å²) in [5.74, 6) is 0.0870. The minimum atomic E-state index is -0.738. The van der Waals surface area contributed by atoms with E-state index < -0.39 is 5.41 Å². The van der Waals surface area contributed by atoms with E-state index in [2.05, 4.69) is 17.9 Å². The number of hydrogen-bond donors (Lipinski definition) is 2. The first-order valence-corrected chi connectivity index (χ1v) is 6.96. The van der Waals surface area contributed by atoms with E-state index in [0.717, 1.165) is 6.42 Å². The maximum Gasteiger partial charge on any atom is 0.230 e. The monoisotopic (exact) mass is 287 g/mol. The van der Waals surface area contributed by atoms with Crippen molar-refractivity contribution in [3.05, 3.63) is 34.6 Å². The molecular weight excluding hydrogens is 273 g/mol. The molecule has 0 spiro atoms. The van der Waals surface area contributed by atoms with Crippen LogP contribution in [-0.4, -0.2) is 18.2 Å². The molecule has 0 atom stereocenters. The van der Waals surface area contributed by atoms with Gasteiger partial charge in [0.1, 0.15) is 5.82 Å². The van der Waals surface area contributed by atoms with Gasteiger partial charge in [-0.2, -0.15) is 12.6 Å². The second-order valence-electron chi connectivity index (χ2n) is 4.54. The van der Waals surface area contributed by atoms with E-state index >= 15 is 0 Å². The molecule has 5 heteroatoms. The second-order valence-corrected chi connectivity index (χ2v) is 5.42. The fourth-order valence-corrected chi connectivity index (χ4v) is 2.64. The number of thiol groups is 1. The van der Waals surface area contributed by atoms with Crippen LogP contribution in [0, 0.1) is 5.82 Å². The Kier molecular flexibility index (Phi) is 4.17. The Bertz CT molecular complexity index is 462. The summed E-state index contributed by atoms with van der Waals surface area (Å²) in [6.45, 7) is 0.492. The lowest BCUT2D eigenvalue weighted by molar-refractivity contribution is -0.129. The Morgan fingerprint density at radius 3 is 2.78 bits per heavy atom. The number of amides is 1. The number of hydrogen-bond acceptors (Lipinski definition) is 2. The average molecular weight is 288 g/mol. The highest BCUT2D eigenvalue weighted by Crippen LogP contribution is 2.45. The van der Waals surface area contributed by atoms with Gasteiger partial charge < -0.3 is 5.32 Å². The first-order valence-electron chi connectivity index (χ1n) is 5.95. The fraction of sp³-hybridized carbons (Fsp3) is 0.462. The summed E-state index contributed by atoms with van der Waals surface area (Å²) < 4.78 is 13.9. The second kappa shape index (κ2) is 5.49. The van der Waals surface area contributed by atoms with E-state index in [1.807, 2.05) is 0 Å². The highest BCUT2D eigenvalue weighted by molar-refractivity contribution is 7.80. The molecule has 0 radical (unpaired) electrons. The normalized spacial score (nSPS) is 17.1. The molecule has 1 aliphatic carbocycles. The molecule has 1 aromatic carbocycles. The number of rotatable bonds is 4. The molecule has 1 aliphatic rings. The molecule has 98 valence electrons. The molecule has 0 unspecified atom stereocenters. The molecule has 2 rings (SSSR count). The van der Waals surface area contributed by atoms with Crippen molar-refractivity contribution in [1.29, 1.82) is 0 Å². The van der Waals surface area contributed by atoms with Crippen LogP contribution in [0.1, 0.15) is 24.8 Å². The van der Waals surface area contributed by atoms with Gasteiger partial charge in [-0.15, -0.1) is 0 Å². The van der Waals surface area contributed by atoms with E-state index in [1.54, 1.807) is 6.07 Å². The number of carbonyl (C=O) groups excluding carboxylic acids is 1. The van der Waals surface area contributed by atoms with Crippen LogP contribution >= 0.6 is 24.2 Å².